The van der Waals surface area contributed by atoms with E-state index in [-0.39, 0.29) is 24.1 Å². The van der Waals surface area contributed by atoms with E-state index in [2.05, 4.69) is 10.6 Å². The monoisotopic (exact) mass is 497 g/mol. The van der Waals surface area contributed by atoms with Gasteiger partial charge in [0.2, 0.25) is 5.91 Å². The van der Waals surface area contributed by atoms with Gasteiger partial charge >= 0.3 is 0 Å². The normalized spacial score (nSPS) is 18.5. The van der Waals surface area contributed by atoms with Crippen molar-refractivity contribution in [3.8, 4) is 0 Å². The third-order valence-corrected chi connectivity index (χ3v) is 7.64. The Hall–Kier alpha value is -2.84. The molecule has 188 valence electrons. The number of aliphatic hydroxyl groups is 1. The molecule has 0 saturated carbocycles. The van der Waals surface area contributed by atoms with Crippen LogP contribution in [0, 0.1) is 6.92 Å². The number of nitrogens with zero attached hydrogens (tertiary/aromatic N) is 1. The smallest absolute Gasteiger partial charge is 0.254 e. The van der Waals surface area contributed by atoms with Gasteiger partial charge in [0.1, 0.15) is 6.04 Å². The van der Waals surface area contributed by atoms with Crippen molar-refractivity contribution in [1.29, 1.82) is 0 Å². The van der Waals surface area contributed by atoms with E-state index < -0.39 is 28.8 Å². The second-order valence-electron chi connectivity index (χ2n) is 9.41. The number of carbonyl (C=O) groups excluding carboxylic acids is 3. The summed E-state index contributed by atoms with van der Waals surface area (Å²) in [6, 6.07) is 15.0. The fourth-order valence-corrected chi connectivity index (χ4v) is 5.42. The van der Waals surface area contributed by atoms with Crippen molar-refractivity contribution in [2.45, 2.75) is 63.5 Å². The highest BCUT2D eigenvalue weighted by Gasteiger charge is 2.49. The van der Waals surface area contributed by atoms with Gasteiger partial charge in [-0.1, -0.05) is 55.5 Å². The number of thioether (sulfide) groups is 1. The molecule has 3 atom stereocenters. The maximum atomic E-state index is 13.6. The fraction of sp³-hybridized carbons (Fsp3) is 0.444. The zero-order chi connectivity index (χ0) is 25.6. The Morgan fingerprint density at radius 1 is 1.11 bits per heavy atom. The first-order chi connectivity index (χ1) is 16.7. The van der Waals surface area contributed by atoms with Gasteiger partial charge in [-0.25, -0.2) is 0 Å². The van der Waals surface area contributed by atoms with Crippen LogP contribution in [0.1, 0.15) is 48.7 Å². The molecule has 0 aliphatic carbocycles. The molecule has 1 fully saturated rings. The lowest BCUT2D eigenvalue weighted by atomic mass is 9.96. The van der Waals surface area contributed by atoms with Gasteiger partial charge in [-0.05, 0) is 50.8 Å². The van der Waals surface area contributed by atoms with E-state index in [9.17, 15) is 19.5 Å². The molecule has 3 N–H and O–H groups in total. The first kappa shape index (κ1) is 26.8. The van der Waals surface area contributed by atoms with Gasteiger partial charge in [-0.2, -0.15) is 0 Å². The predicted octanol–water partition coefficient (Wildman–Crippen LogP) is 2.90. The van der Waals surface area contributed by atoms with Crippen LogP contribution in [0.25, 0.3) is 0 Å². The van der Waals surface area contributed by atoms with E-state index in [0.717, 1.165) is 17.5 Å². The highest BCUT2D eigenvalue weighted by atomic mass is 32.2. The summed E-state index contributed by atoms with van der Waals surface area (Å²) in [6.07, 6.45) is -0.464. The molecular formula is C27H35N3O4S. The van der Waals surface area contributed by atoms with Crippen molar-refractivity contribution in [3.63, 3.8) is 0 Å². The highest BCUT2D eigenvalue weighted by Crippen LogP contribution is 2.39. The first-order valence-corrected chi connectivity index (χ1v) is 12.9. The molecule has 1 heterocycles. The Morgan fingerprint density at radius 2 is 1.77 bits per heavy atom. The van der Waals surface area contributed by atoms with Crippen LogP contribution in [0.5, 0.6) is 0 Å². The Balaban J connectivity index is 1.86. The number of aliphatic hydroxyl groups excluding tert-OH is 1. The Labute approximate surface area is 211 Å². The van der Waals surface area contributed by atoms with E-state index in [0.29, 0.717) is 12.1 Å². The molecular weight excluding hydrogens is 462 g/mol. The summed E-state index contributed by atoms with van der Waals surface area (Å²) in [5.74, 6) is -0.863. The third-order valence-electron chi connectivity index (χ3n) is 6.27. The van der Waals surface area contributed by atoms with E-state index in [4.69, 9.17) is 0 Å². The highest BCUT2D eigenvalue weighted by molar-refractivity contribution is 8.00. The van der Waals surface area contributed by atoms with Crippen LogP contribution in [-0.4, -0.2) is 63.1 Å². The van der Waals surface area contributed by atoms with Crippen LogP contribution in [0.2, 0.25) is 0 Å². The van der Waals surface area contributed by atoms with E-state index in [1.807, 2.05) is 70.2 Å². The molecule has 0 radical (unpaired) electrons. The van der Waals surface area contributed by atoms with Gasteiger partial charge in [0, 0.05) is 16.9 Å². The van der Waals surface area contributed by atoms with E-state index in [1.165, 1.54) is 16.7 Å². The lowest BCUT2D eigenvalue weighted by molar-refractivity contribution is -0.147. The molecule has 1 saturated heterocycles. The number of hydrogen-bond acceptors (Lipinski definition) is 5. The summed E-state index contributed by atoms with van der Waals surface area (Å²) < 4.78 is -0.507. The summed E-state index contributed by atoms with van der Waals surface area (Å²) in [6.45, 7) is 8.17. The molecule has 1 aliphatic heterocycles. The molecule has 0 aromatic heterocycles. The van der Waals surface area contributed by atoms with Crippen LogP contribution in [0.15, 0.2) is 54.6 Å². The lowest BCUT2D eigenvalue weighted by Crippen LogP contribution is -2.58. The maximum Gasteiger partial charge on any atom is 0.254 e. The summed E-state index contributed by atoms with van der Waals surface area (Å²) in [5.41, 5.74) is 2.16. The number of amides is 3. The minimum absolute atomic E-state index is 0.231. The van der Waals surface area contributed by atoms with Gasteiger partial charge in [0.15, 0.2) is 6.10 Å². The average Bonchev–Trinajstić information content (AvgIpc) is 3.16. The number of nitrogens with one attached hydrogen (secondary N) is 2. The standard InChI is InChI=1S/C27H35N3O4S/c1-5-15-28-25(33)23-27(3,4)35-17-30(23)26(34)22(31)21(16-19-12-7-6-8-13-19)29-24(32)20-14-10-9-11-18(20)2/h6-14,21-23,31H,5,15-17H2,1-4H3,(H,28,33)(H,29,32). The van der Waals surface area contributed by atoms with Crippen LogP contribution < -0.4 is 10.6 Å². The summed E-state index contributed by atoms with van der Waals surface area (Å²) >= 11 is 1.50. The van der Waals surface area contributed by atoms with Crippen LogP contribution in [0.4, 0.5) is 0 Å². The second kappa shape index (κ2) is 11.7. The number of carbonyl (C=O) groups is 3. The number of benzene rings is 2. The molecule has 3 unspecified atom stereocenters. The molecule has 0 bridgehead atoms. The number of aryl methyl sites for hydroxylation is 1. The molecule has 1 aliphatic rings. The zero-order valence-electron chi connectivity index (χ0n) is 20.8. The van der Waals surface area contributed by atoms with Crippen molar-refractivity contribution in [2.75, 3.05) is 12.4 Å². The molecule has 35 heavy (non-hydrogen) atoms. The quantitative estimate of drug-likeness (QED) is 0.495. The van der Waals surface area contributed by atoms with Crippen molar-refractivity contribution in [1.82, 2.24) is 15.5 Å². The topological polar surface area (TPSA) is 98.7 Å². The number of rotatable bonds is 9. The SMILES string of the molecule is CCCNC(=O)C1N(C(=O)C(O)C(Cc2ccccc2)NC(=O)c2ccccc2C)CSC1(C)C. The average molecular weight is 498 g/mol. The van der Waals surface area contributed by atoms with Crippen LogP contribution in [-0.2, 0) is 16.0 Å². The van der Waals surface area contributed by atoms with E-state index >= 15 is 0 Å². The largest absolute Gasteiger partial charge is 0.381 e. The number of hydrogen-bond donors (Lipinski definition) is 3. The molecule has 3 amide bonds. The zero-order valence-corrected chi connectivity index (χ0v) is 21.6. The first-order valence-electron chi connectivity index (χ1n) is 12.0. The minimum atomic E-state index is -1.51. The molecule has 7 nitrogen and oxygen atoms in total. The predicted molar refractivity (Wildman–Crippen MR) is 139 cm³/mol. The Bertz CT molecular complexity index is 1040. The van der Waals surface area contributed by atoms with Crippen LogP contribution >= 0.6 is 11.8 Å². The van der Waals surface area contributed by atoms with E-state index in [1.54, 1.807) is 12.1 Å². The molecule has 2 aromatic carbocycles. The second-order valence-corrected chi connectivity index (χ2v) is 11.0. The summed E-state index contributed by atoms with van der Waals surface area (Å²) in [4.78, 5) is 41.1. The van der Waals surface area contributed by atoms with Crippen molar-refractivity contribution >= 4 is 29.5 Å². The van der Waals surface area contributed by atoms with Gasteiger partial charge in [0.25, 0.3) is 11.8 Å². The third kappa shape index (κ3) is 6.44. The fourth-order valence-electron chi connectivity index (χ4n) is 4.28. The summed E-state index contributed by atoms with van der Waals surface area (Å²) in [5, 5.41) is 17.0. The molecule has 3 rings (SSSR count). The Morgan fingerprint density at radius 3 is 2.43 bits per heavy atom. The van der Waals surface area contributed by atoms with Crippen LogP contribution in [0.3, 0.4) is 0 Å². The van der Waals surface area contributed by atoms with Gasteiger partial charge in [-0.15, -0.1) is 11.8 Å². The van der Waals surface area contributed by atoms with Crippen molar-refractivity contribution < 1.29 is 19.5 Å². The molecule has 8 heteroatoms. The maximum absolute atomic E-state index is 13.6. The molecule has 0 spiro atoms. The van der Waals surface area contributed by atoms with Gasteiger partial charge < -0.3 is 20.6 Å². The molecule has 2 aromatic rings. The lowest BCUT2D eigenvalue weighted by Gasteiger charge is -2.33. The Kier molecular flexibility index (Phi) is 8.97. The summed E-state index contributed by atoms with van der Waals surface area (Å²) in [7, 11) is 0. The van der Waals surface area contributed by atoms with Gasteiger partial charge in [0.05, 0.1) is 11.9 Å². The van der Waals surface area contributed by atoms with Gasteiger partial charge in [-0.3, -0.25) is 14.4 Å². The minimum Gasteiger partial charge on any atom is -0.381 e. The van der Waals surface area contributed by atoms with Crippen molar-refractivity contribution in [2.24, 2.45) is 0 Å². The van der Waals surface area contributed by atoms with Crippen molar-refractivity contribution in [3.05, 3.63) is 71.3 Å².